The molecule has 0 fully saturated rings. The average Bonchev–Trinajstić information content (AvgIpc) is 2.16. The molecule has 0 atom stereocenters. The van der Waals surface area contributed by atoms with Crippen molar-refractivity contribution in [1.29, 1.82) is 0 Å². The Morgan fingerprint density at radius 3 is 2.50 bits per heavy atom. The molecule has 0 aromatic heterocycles. The first-order valence-corrected chi connectivity index (χ1v) is 3.98. The summed E-state index contributed by atoms with van der Waals surface area (Å²) in [5.74, 6) is 0.609. The molecule has 0 saturated heterocycles. The molecular formula is C9H11N3O2. The van der Waals surface area contributed by atoms with Crippen LogP contribution in [0.15, 0.2) is 29.3 Å². The van der Waals surface area contributed by atoms with E-state index in [1.54, 1.807) is 24.3 Å². The maximum atomic E-state index is 10.0. The van der Waals surface area contributed by atoms with Gasteiger partial charge in [0.1, 0.15) is 12.4 Å². The number of aldehydes is 1. The molecule has 0 aliphatic rings. The van der Waals surface area contributed by atoms with Gasteiger partial charge in [-0.1, -0.05) is 0 Å². The van der Waals surface area contributed by atoms with Gasteiger partial charge in [0.05, 0.1) is 5.69 Å². The van der Waals surface area contributed by atoms with Gasteiger partial charge in [-0.05, 0) is 24.3 Å². The minimum Gasteiger partial charge on any atom is -0.486 e. The van der Waals surface area contributed by atoms with E-state index in [4.69, 9.17) is 16.2 Å². The largest absolute Gasteiger partial charge is 0.486 e. The maximum absolute atomic E-state index is 10.0. The van der Waals surface area contributed by atoms with Gasteiger partial charge in [-0.25, -0.2) is 4.99 Å². The number of nitrogens with zero attached hydrogens (tertiary/aromatic N) is 1. The number of aliphatic imine (C=N–C) groups is 1. The molecule has 74 valence electrons. The number of guanidine groups is 1. The minimum absolute atomic E-state index is 0.00607. The van der Waals surface area contributed by atoms with Crippen LogP contribution in [0.4, 0.5) is 5.69 Å². The van der Waals surface area contributed by atoms with Crippen LogP contribution in [-0.2, 0) is 4.79 Å². The monoisotopic (exact) mass is 193 g/mol. The Kier molecular flexibility index (Phi) is 3.49. The molecule has 5 nitrogen and oxygen atoms in total. The van der Waals surface area contributed by atoms with Crippen LogP contribution in [0.2, 0.25) is 0 Å². The van der Waals surface area contributed by atoms with Crippen LogP contribution in [0.1, 0.15) is 0 Å². The van der Waals surface area contributed by atoms with Gasteiger partial charge in [0, 0.05) is 0 Å². The highest BCUT2D eigenvalue weighted by Gasteiger charge is 1.93. The van der Waals surface area contributed by atoms with E-state index in [2.05, 4.69) is 4.99 Å². The summed E-state index contributed by atoms with van der Waals surface area (Å²) in [4.78, 5) is 13.8. The average molecular weight is 193 g/mol. The quantitative estimate of drug-likeness (QED) is 0.405. The fourth-order valence-electron chi connectivity index (χ4n) is 0.896. The first-order chi connectivity index (χ1) is 6.72. The van der Waals surface area contributed by atoms with Gasteiger partial charge in [0.25, 0.3) is 0 Å². The highest BCUT2D eigenvalue weighted by Crippen LogP contribution is 2.17. The molecule has 1 aromatic rings. The van der Waals surface area contributed by atoms with Crippen molar-refractivity contribution in [2.75, 3.05) is 6.61 Å². The molecule has 0 saturated carbocycles. The van der Waals surface area contributed by atoms with Crippen molar-refractivity contribution in [3.05, 3.63) is 24.3 Å². The topological polar surface area (TPSA) is 90.7 Å². The predicted octanol–water partition coefficient (Wildman–Crippen LogP) is 0.169. The Hall–Kier alpha value is -2.04. The standard InChI is InChI=1S/C9H11N3O2/c10-9(11)12-7-1-3-8(4-2-7)14-6-5-13/h1-5H,6H2,(H4,10,11,12). The summed E-state index contributed by atoms with van der Waals surface area (Å²) in [5, 5.41) is 0. The number of hydrogen-bond acceptors (Lipinski definition) is 3. The molecule has 0 spiro atoms. The Labute approximate surface area is 81.4 Å². The van der Waals surface area contributed by atoms with Gasteiger partial charge in [-0.2, -0.15) is 0 Å². The van der Waals surface area contributed by atoms with Gasteiger partial charge in [0.15, 0.2) is 12.2 Å². The molecule has 0 radical (unpaired) electrons. The van der Waals surface area contributed by atoms with E-state index in [0.717, 1.165) is 0 Å². The zero-order valence-corrected chi connectivity index (χ0v) is 7.51. The lowest BCUT2D eigenvalue weighted by Crippen LogP contribution is -2.21. The van der Waals surface area contributed by atoms with Crippen molar-refractivity contribution in [2.45, 2.75) is 0 Å². The first kappa shape index (κ1) is 10.0. The normalized spacial score (nSPS) is 9.14. The fraction of sp³-hybridized carbons (Fsp3) is 0.111. The molecule has 4 N–H and O–H groups in total. The van der Waals surface area contributed by atoms with Crippen molar-refractivity contribution >= 4 is 17.9 Å². The Morgan fingerprint density at radius 1 is 1.36 bits per heavy atom. The Bertz CT molecular complexity index is 328. The smallest absolute Gasteiger partial charge is 0.191 e. The van der Waals surface area contributed by atoms with Crippen LogP contribution in [0, 0.1) is 0 Å². The van der Waals surface area contributed by atoms with Crippen LogP contribution in [0.5, 0.6) is 5.75 Å². The molecule has 5 heteroatoms. The molecule has 1 rings (SSSR count). The van der Waals surface area contributed by atoms with Crippen molar-refractivity contribution in [3.8, 4) is 5.75 Å². The van der Waals surface area contributed by atoms with Gasteiger partial charge < -0.3 is 16.2 Å². The molecule has 0 unspecified atom stereocenters. The molecule has 14 heavy (non-hydrogen) atoms. The van der Waals surface area contributed by atoms with Crippen LogP contribution >= 0.6 is 0 Å². The SMILES string of the molecule is NC(N)=Nc1ccc(OCC=O)cc1. The number of ether oxygens (including phenoxy) is 1. The Balaban J connectivity index is 2.68. The third kappa shape index (κ3) is 3.14. The zero-order chi connectivity index (χ0) is 10.4. The molecule has 0 heterocycles. The number of carbonyl (C=O) groups excluding carboxylic acids is 1. The van der Waals surface area contributed by atoms with E-state index in [1.165, 1.54) is 0 Å². The molecule has 0 bridgehead atoms. The second kappa shape index (κ2) is 4.86. The second-order valence-electron chi connectivity index (χ2n) is 2.51. The zero-order valence-electron chi connectivity index (χ0n) is 7.51. The van der Waals surface area contributed by atoms with Crippen LogP contribution in [-0.4, -0.2) is 18.9 Å². The van der Waals surface area contributed by atoms with Crippen molar-refractivity contribution in [3.63, 3.8) is 0 Å². The Morgan fingerprint density at radius 2 is 2.00 bits per heavy atom. The van der Waals surface area contributed by atoms with Crippen molar-refractivity contribution in [2.24, 2.45) is 16.5 Å². The number of hydrogen-bond donors (Lipinski definition) is 2. The minimum atomic E-state index is 0.00607. The summed E-state index contributed by atoms with van der Waals surface area (Å²) in [6.07, 6.45) is 0.684. The van der Waals surface area contributed by atoms with Gasteiger partial charge >= 0.3 is 0 Å². The third-order valence-corrected chi connectivity index (χ3v) is 1.41. The number of carbonyl (C=O) groups is 1. The maximum Gasteiger partial charge on any atom is 0.191 e. The lowest BCUT2D eigenvalue weighted by Gasteiger charge is -2.01. The molecule has 1 aromatic carbocycles. The summed E-state index contributed by atoms with van der Waals surface area (Å²) >= 11 is 0. The first-order valence-electron chi connectivity index (χ1n) is 3.98. The van der Waals surface area contributed by atoms with Crippen LogP contribution in [0.3, 0.4) is 0 Å². The highest BCUT2D eigenvalue weighted by atomic mass is 16.5. The van der Waals surface area contributed by atoms with E-state index in [1.807, 2.05) is 0 Å². The molecule has 0 aliphatic carbocycles. The summed E-state index contributed by atoms with van der Waals surface area (Å²) in [5.41, 5.74) is 11.0. The summed E-state index contributed by atoms with van der Waals surface area (Å²) in [6.45, 7) is 0.0433. The summed E-state index contributed by atoms with van der Waals surface area (Å²) in [7, 11) is 0. The number of benzene rings is 1. The van der Waals surface area contributed by atoms with Gasteiger partial charge in [-0.15, -0.1) is 0 Å². The van der Waals surface area contributed by atoms with Crippen molar-refractivity contribution < 1.29 is 9.53 Å². The van der Waals surface area contributed by atoms with E-state index in [-0.39, 0.29) is 12.6 Å². The number of nitrogens with two attached hydrogens (primary N) is 2. The van der Waals surface area contributed by atoms with Gasteiger partial charge in [0.2, 0.25) is 0 Å². The van der Waals surface area contributed by atoms with E-state index in [9.17, 15) is 4.79 Å². The lowest BCUT2D eigenvalue weighted by atomic mass is 10.3. The van der Waals surface area contributed by atoms with E-state index >= 15 is 0 Å². The number of rotatable bonds is 4. The summed E-state index contributed by atoms with van der Waals surface area (Å²) < 4.78 is 5.04. The van der Waals surface area contributed by atoms with E-state index in [0.29, 0.717) is 17.7 Å². The van der Waals surface area contributed by atoms with Gasteiger partial charge in [-0.3, -0.25) is 4.79 Å². The lowest BCUT2D eigenvalue weighted by molar-refractivity contribution is -0.109. The molecular weight excluding hydrogens is 182 g/mol. The molecule has 0 amide bonds. The molecule has 0 aliphatic heterocycles. The third-order valence-electron chi connectivity index (χ3n) is 1.41. The summed E-state index contributed by atoms with van der Waals surface area (Å²) in [6, 6.07) is 6.76. The van der Waals surface area contributed by atoms with E-state index < -0.39 is 0 Å². The highest BCUT2D eigenvalue weighted by molar-refractivity contribution is 5.79. The predicted molar refractivity (Wildman–Crippen MR) is 53.5 cm³/mol. The van der Waals surface area contributed by atoms with Crippen LogP contribution < -0.4 is 16.2 Å². The fourth-order valence-corrected chi connectivity index (χ4v) is 0.896. The van der Waals surface area contributed by atoms with Crippen molar-refractivity contribution in [1.82, 2.24) is 0 Å². The van der Waals surface area contributed by atoms with Crippen LogP contribution in [0.25, 0.3) is 0 Å². The second-order valence-corrected chi connectivity index (χ2v) is 2.51.